The largest absolute Gasteiger partial charge is 0.480 e. The molecule has 9 aliphatic rings. The van der Waals surface area contributed by atoms with E-state index in [9.17, 15) is 135 Å². The van der Waals surface area contributed by atoms with E-state index in [4.69, 9.17) is 61.6 Å². The van der Waals surface area contributed by atoms with Crippen molar-refractivity contribution in [1.29, 1.82) is 0 Å². The van der Waals surface area contributed by atoms with Gasteiger partial charge < -0.3 is 201 Å². The molecule has 0 saturated carbocycles. The van der Waals surface area contributed by atoms with Gasteiger partial charge in [0.15, 0.2) is 44.0 Å². The number of unbranched alkanes of at least 4 members (excludes halogenated alkanes) is 1. The number of carboxylic acids is 1. The Labute approximate surface area is 646 Å². The van der Waals surface area contributed by atoms with Gasteiger partial charge in [0.05, 0.1) is 64.8 Å². The molecule has 0 bridgehead atoms. The van der Waals surface area contributed by atoms with Gasteiger partial charge in [0.25, 0.3) is 0 Å². The highest BCUT2D eigenvalue weighted by Gasteiger charge is 2.60. The zero-order valence-corrected chi connectivity index (χ0v) is 62.0. The zero-order chi connectivity index (χ0) is 82.9. The maximum atomic E-state index is 13.7. The summed E-state index contributed by atoms with van der Waals surface area (Å²) in [6.45, 7) is -3.71. The molecule has 9 saturated heterocycles. The van der Waals surface area contributed by atoms with Gasteiger partial charge >= 0.3 is 12.0 Å². The summed E-state index contributed by atoms with van der Waals surface area (Å²) < 4.78 is 77.9. The molecule has 0 aliphatic carbocycles. The number of carbonyl (C=O) groups excluding carboxylic acids is 7. The molecular formula is C64H104N8O40S. The lowest BCUT2D eigenvalue weighted by Gasteiger charge is -2.51. The summed E-state index contributed by atoms with van der Waals surface area (Å²) in [6.07, 6.45) is -63.6. The quantitative estimate of drug-likeness (QED) is 0.0214. The van der Waals surface area contributed by atoms with Gasteiger partial charge in [-0.05, 0) is 12.8 Å². The lowest BCUT2D eigenvalue weighted by atomic mass is 9.93. The van der Waals surface area contributed by atoms with Gasteiger partial charge in [-0.1, -0.05) is 6.42 Å². The summed E-state index contributed by atoms with van der Waals surface area (Å²) in [7, 11) is 0. The van der Waals surface area contributed by atoms with Gasteiger partial charge in [-0.3, -0.25) is 28.8 Å². The molecule has 0 aromatic carbocycles. The van der Waals surface area contributed by atoms with Crippen LogP contribution in [0.4, 0.5) is 4.79 Å². The van der Waals surface area contributed by atoms with E-state index in [1.807, 2.05) is 0 Å². The molecule has 0 aromatic heterocycles. The number of carboxylic acid groups (broad SMARTS) is 1. The van der Waals surface area contributed by atoms with Crippen LogP contribution < -0.4 is 42.5 Å². The summed E-state index contributed by atoms with van der Waals surface area (Å²) in [6, 6.07) is -9.43. The fourth-order valence-electron chi connectivity index (χ4n) is 14.8. The van der Waals surface area contributed by atoms with Gasteiger partial charge in [-0.15, -0.1) is 0 Å². The van der Waals surface area contributed by atoms with Crippen molar-refractivity contribution in [2.45, 2.75) is 298 Å². The zero-order valence-electron chi connectivity index (χ0n) is 61.2. The topological polar surface area (TPSA) is 737 Å². The summed E-state index contributed by atoms with van der Waals surface area (Å²) in [5.41, 5.74) is 0. The molecule has 646 valence electrons. The summed E-state index contributed by atoms with van der Waals surface area (Å²) >= 11 is 1.66. The second kappa shape index (κ2) is 40.9. The van der Waals surface area contributed by atoms with Crippen molar-refractivity contribution in [1.82, 2.24) is 42.5 Å². The first kappa shape index (κ1) is 91.6. The van der Waals surface area contributed by atoms with Crippen LogP contribution in [0.5, 0.6) is 0 Å². The fourth-order valence-corrected chi connectivity index (χ4v) is 16.3. The van der Waals surface area contributed by atoms with Gasteiger partial charge in [0.1, 0.15) is 177 Å². The highest BCUT2D eigenvalue weighted by molar-refractivity contribution is 8.00. The highest BCUT2D eigenvalue weighted by Crippen LogP contribution is 2.39. The molecule has 27 N–H and O–H groups in total. The van der Waals surface area contributed by atoms with Gasteiger partial charge in [0, 0.05) is 45.1 Å². The molecule has 19 unspecified atom stereocenters. The molecule has 8 amide bonds. The third-order valence-electron chi connectivity index (χ3n) is 20.6. The first-order valence-corrected chi connectivity index (χ1v) is 37.5. The van der Waals surface area contributed by atoms with Crippen LogP contribution >= 0.6 is 11.8 Å². The van der Waals surface area contributed by atoms with Crippen molar-refractivity contribution >= 4 is 59.2 Å². The number of aliphatic hydroxyl groups excluding tert-OH is 18. The lowest BCUT2D eigenvalue weighted by molar-refractivity contribution is -0.395. The molecule has 39 atom stereocenters. The molecule has 48 nitrogen and oxygen atoms in total. The molecule has 9 heterocycles. The Bertz CT molecular complexity index is 3180. The summed E-state index contributed by atoms with van der Waals surface area (Å²) in [5.74, 6) is -6.29. The van der Waals surface area contributed by atoms with E-state index in [0.717, 1.165) is 27.7 Å². The number of carbonyl (C=O) groups is 8. The normalized spacial score (nSPS) is 43.5. The number of urea groups is 1. The van der Waals surface area contributed by atoms with Crippen molar-refractivity contribution in [2.75, 3.05) is 52.0 Å². The van der Waals surface area contributed by atoms with Crippen LogP contribution in [0, 0.1) is 0 Å². The van der Waals surface area contributed by atoms with Crippen LogP contribution in [0.3, 0.4) is 0 Å². The summed E-state index contributed by atoms with van der Waals surface area (Å²) in [5, 5.41) is 232. The molecule has 0 spiro atoms. The predicted octanol–water partition coefficient (Wildman–Crippen LogP) is -15.9. The van der Waals surface area contributed by atoms with Crippen molar-refractivity contribution < 1.29 is 197 Å². The Kier molecular flexibility index (Phi) is 33.1. The Balaban J connectivity index is 0.969. The Morgan fingerprint density at radius 3 is 1.33 bits per heavy atom. The van der Waals surface area contributed by atoms with Crippen LogP contribution in [0.2, 0.25) is 0 Å². The number of aliphatic hydroxyl groups is 18. The summed E-state index contributed by atoms with van der Waals surface area (Å²) in [4.78, 5) is 102. The van der Waals surface area contributed by atoms with E-state index >= 15 is 0 Å². The van der Waals surface area contributed by atoms with Crippen molar-refractivity contribution in [3.8, 4) is 0 Å². The maximum absolute atomic E-state index is 13.7. The van der Waals surface area contributed by atoms with Crippen LogP contribution in [0.25, 0.3) is 0 Å². The third kappa shape index (κ3) is 21.8. The van der Waals surface area contributed by atoms with E-state index in [0.29, 0.717) is 25.0 Å². The number of hydrogen-bond acceptors (Lipinski definition) is 40. The van der Waals surface area contributed by atoms with Crippen LogP contribution in [0.15, 0.2) is 0 Å². The SMILES string of the molecule is CC(=O)NC1C(O)[C@H](O)[C@@H](CO)O[C@@H]1O[C@@H]1C(O)[C@@H](O)C(CO)O[C@H]1OCC1O[C@@H](O[C@H]2C(CO)O[C@@H](O[C@H]3C(CO)O[C@@H](NC(=O)CC(NC(=O)CCCCC4SCC5NC(=O)NC54)C(=O)O)C(NC(C)=O)[C@H]3O)C(NC(C)=O)[C@H]2O)C(O)[C@@H](O[C@@H]2OC(CO)[C@H](O)C(O)C2O[C@@H]2OC(CO)[C@H](O)C(O)[C@H]2NC(C)=O)[C@H]1O. The molecule has 9 aliphatic heterocycles. The highest BCUT2D eigenvalue weighted by atomic mass is 32.2. The Hall–Kier alpha value is -5.33. The van der Waals surface area contributed by atoms with Crippen molar-refractivity contribution in [3.05, 3.63) is 0 Å². The van der Waals surface area contributed by atoms with Gasteiger partial charge in [-0.2, -0.15) is 11.8 Å². The molecule has 0 radical (unpaired) electrons. The van der Waals surface area contributed by atoms with Gasteiger partial charge in [-0.25, -0.2) is 9.59 Å². The van der Waals surface area contributed by atoms with Crippen LogP contribution in [0.1, 0.15) is 59.8 Å². The number of hydrogen-bond donors (Lipinski definition) is 27. The molecule has 9 fully saturated rings. The van der Waals surface area contributed by atoms with E-state index in [1.165, 1.54) is 0 Å². The third-order valence-corrected chi connectivity index (χ3v) is 22.1. The number of fused-ring (bicyclic) bond motifs is 1. The molecular weight excluding hydrogens is 1550 g/mol. The minimum Gasteiger partial charge on any atom is -0.480 e. The second-order valence-electron chi connectivity index (χ2n) is 28.7. The number of amides is 8. The first-order chi connectivity index (χ1) is 53.6. The standard InChI is InChI=1S/C64H104N8O40S/c1-18(79)65-35-46(92)51(28(14-77)101-56(35)71-33(84)9-22(57(97)98)69-32(83)8-6-5-7-31-34-23(17-113-31)70-64(99)72-34)108-60-38(68-21(4)82)47(93)52(29(15-78)106-60)109-61-50(96)53(110-63-55(49(95)42(88)27(13-76)105-63)112-59-37(67-20(3)81)45(91)40(86)25(11-74)103-59)43(89)30(107-61)16-100-62-54(48(94)41(87)26(12-75)104-62)111-58-36(66-19(2)80)44(90)39(85)24(10-73)102-58/h22-31,34-56,58-63,73-78,85-96H,5-17H2,1-4H3,(H,65,79)(H,66,80)(H,67,81)(H,68,82)(H,69,83)(H,71,84)(H,97,98)(H2,70,72,99)/t22?,23?,24-,25?,26?,27?,28?,29?,30?,31?,34?,35?,36?,37-,38?,39-,40+,41+,42+,43+,44?,45?,46-,47-,48?,49?,50?,51+,52+,53+,54-,55?,56-,58-,59+,60+,61+,62-,63+/m1/s1. The van der Waals surface area contributed by atoms with E-state index in [2.05, 4.69) is 42.5 Å². The van der Waals surface area contributed by atoms with Gasteiger partial charge in [0.2, 0.25) is 35.4 Å². The number of rotatable bonds is 33. The Morgan fingerprint density at radius 2 is 0.832 bits per heavy atom. The van der Waals surface area contributed by atoms with Crippen molar-refractivity contribution in [3.63, 3.8) is 0 Å². The minimum absolute atomic E-state index is 0.0252. The van der Waals surface area contributed by atoms with Crippen molar-refractivity contribution in [2.24, 2.45) is 0 Å². The maximum Gasteiger partial charge on any atom is 0.326 e. The number of ether oxygens (including phenoxy) is 13. The Morgan fingerprint density at radius 1 is 0.425 bits per heavy atom. The average molecular weight is 1660 g/mol. The smallest absolute Gasteiger partial charge is 0.326 e. The predicted molar refractivity (Wildman–Crippen MR) is 362 cm³/mol. The number of nitrogens with one attached hydrogen (secondary N) is 8. The lowest BCUT2D eigenvalue weighted by Crippen LogP contribution is -2.71. The molecule has 49 heteroatoms. The van der Waals surface area contributed by atoms with Crippen LogP contribution in [-0.4, -0.2) is 434 Å². The average Bonchev–Trinajstić information content (AvgIpc) is 1.45. The second-order valence-corrected chi connectivity index (χ2v) is 29.9. The monoisotopic (exact) mass is 1660 g/mol. The first-order valence-electron chi connectivity index (χ1n) is 36.4. The number of thioether (sulfide) groups is 1. The molecule has 9 rings (SSSR count). The van der Waals surface area contributed by atoms with E-state index in [1.54, 1.807) is 11.8 Å². The van der Waals surface area contributed by atoms with E-state index in [-0.39, 0.29) is 29.8 Å². The fraction of sp³-hybridized carbons (Fsp3) is 0.875. The number of aliphatic carboxylic acids is 1. The molecule has 0 aromatic rings. The van der Waals surface area contributed by atoms with Crippen LogP contribution in [-0.2, 0) is 95.1 Å². The minimum atomic E-state index is -2.52. The molecule has 113 heavy (non-hydrogen) atoms. The van der Waals surface area contributed by atoms with E-state index < -0.39 is 315 Å².